The van der Waals surface area contributed by atoms with Gasteiger partial charge < -0.3 is 14.2 Å². The molecule has 5 nitrogen and oxygen atoms in total. The van der Waals surface area contributed by atoms with Gasteiger partial charge in [-0.3, -0.25) is 4.90 Å². The van der Waals surface area contributed by atoms with Crippen LogP contribution in [0.25, 0.3) is 0 Å². The molecular formula is C22H19NO4. The lowest BCUT2D eigenvalue weighted by Crippen LogP contribution is -2.26. The zero-order valence-corrected chi connectivity index (χ0v) is 14.7. The van der Waals surface area contributed by atoms with Crippen molar-refractivity contribution in [3.63, 3.8) is 0 Å². The van der Waals surface area contributed by atoms with Crippen LogP contribution in [0.2, 0.25) is 0 Å². The summed E-state index contributed by atoms with van der Waals surface area (Å²) in [6.45, 7) is 0.770. The summed E-state index contributed by atoms with van der Waals surface area (Å²) in [7, 11) is 0. The molecule has 1 heterocycles. The minimum Gasteiger partial charge on any atom is -0.490 e. The fourth-order valence-corrected chi connectivity index (χ4v) is 2.84. The fourth-order valence-electron chi connectivity index (χ4n) is 2.84. The van der Waals surface area contributed by atoms with Gasteiger partial charge in [0.05, 0.1) is 6.54 Å². The summed E-state index contributed by atoms with van der Waals surface area (Å²) < 4.78 is 16.9. The number of hydrogen-bond acceptors (Lipinski definition) is 4. The number of cyclic esters (lactones) is 1. The minimum atomic E-state index is -0.346. The highest BCUT2D eigenvalue weighted by atomic mass is 16.6. The molecule has 5 heteroatoms. The molecule has 27 heavy (non-hydrogen) atoms. The first-order valence-corrected chi connectivity index (χ1v) is 8.77. The molecule has 1 unspecified atom stereocenters. The van der Waals surface area contributed by atoms with Gasteiger partial charge in [-0.25, -0.2) is 4.79 Å². The van der Waals surface area contributed by atoms with Gasteiger partial charge in [-0.2, -0.15) is 0 Å². The number of ether oxygens (including phenoxy) is 3. The molecule has 0 bridgehead atoms. The minimum absolute atomic E-state index is 0.300. The van der Waals surface area contributed by atoms with E-state index in [1.165, 1.54) is 0 Å². The van der Waals surface area contributed by atoms with Gasteiger partial charge in [0.1, 0.15) is 23.9 Å². The number of anilines is 1. The lowest BCUT2D eigenvalue weighted by molar-refractivity contribution is 0.105. The van der Waals surface area contributed by atoms with Gasteiger partial charge in [-0.05, 0) is 48.5 Å². The van der Waals surface area contributed by atoms with Crippen molar-refractivity contribution < 1.29 is 19.0 Å². The lowest BCUT2D eigenvalue weighted by atomic mass is 10.3. The van der Waals surface area contributed by atoms with Crippen LogP contribution in [0.1, 0.15) is 0 Å². The number of rotatable bonds is 6. The molecule has 1 amide bonds. The standard InChI is InChI=1S/C22H19NO4/c24-22-23(17-7-3-1-4-8-17)15-21(27-22)16-25-18-11-13-20(14-12-18)26-19-9-5-2-6-10-19/h1-14,21H,15-16H2. The molecule has 1 atom stereocenters. The number of carbonyl (C=O) groups is 1. The molecule has 0 spiro atoms. The molecule has 0 aromatic heterocycles. The maximum Gasteiger partial charge on any atom is 0.414 e. The molecule has 1 fully saturated rings. The number of nitrogens with zero attached hydrogens (tertiary/aromatic N) is 1. The molecule has 136 valence electrons. The zero-order chi connectivity index (χ0) is 18.5. The summed E-state index contributed by atoms with van der Waals surface area (Å²) in [5.74, 6) is 2.21. The van der Waals surface area contributed by atoms with Crippen LogP contribution in [0, 0.1) is 0 Å². The van der Waals surface area contributed by atoms with Crippen LogP contribution in [0.15, 0.2) is 84.9 Å². The first kappa shape index (κ1) is 17.0. The van der Waals surface area contributed by atoms with Crippen molar-refractivity contribution in [1.29, 1.82) is 0 Å². The average Bonchev–Trinajstić information content (AvgIpc) is 3.09. The second kappa shape index (κ2) is 7.83. The van der Waals surface area contributed by atoms with E-state index >= 15 is 0 Å². The van der Waals surface area contributed by atoms with E-state index in [2.05, 4.69) is 0 Å². The third-order valence-electron chi connectivity index (χ3n) is 4.18. The van der Waals surface area contributed by atoms with Gasteiger partial charge in [0, 0.05) is 5.69 Å². The SMILES string of the molecule is O=C1OC(COc2ccc(Oc3ccccc3)cc2)CN1c1ccccc1. The van der Waals surface area contributed by atoms with Crippen molar-refractivity contribution in [2.45, 2.75) is 6.10 Å². The van der Waals surface area contributed by atoms with E-state index in [1.807, 2.05) is 84.9 Å². The quantitative estimate of drug-likeness (QED) is 0.628. The number of hydrogen-bond donors (Lipinski definition) is 0. The topological polar surface area (TPSA) is 48.0 Å². The Bertz CT molecular complexity index is 881. The van der Waals surface area contributed by atoms with E-state index < -0.39 is 0 Å². The monoisotopic (exact) mass is 361 g/mol. The van der Waals surface area contributed by atoms with E-state index in [9.17, 15) is 4.79 Å². The summed E-state index contributed by atoms with van der Waals surface area (Å²) in [5, 5.41) is 0. The smallest absolute Gasteiger partial charge is 0.414 e. The Hall–Kier alpha value is -3.47. The Kier molecular flexibility index (Phi) is 4.92. The van der Waals surface area contributed by atoms with E-state index in [4.69, 9.17) is 14.2 Å². The third kappa shape index (κ3) is 4.20. The average molecular weight is 361 g/mol. The maximum atomic E-state index is 12.0. The first-order chi connectivity index (χ1) is 13.3. The molecule has 0 radical (unpaired) electrons. The van der Waals surface area contributed by atoms with Gasteiger partial charge in [-0.1, -0.05) is 36.4 Å². The lowest BCUT2D eigenvalue weighted by Gasteiger charge is -2.13. The predicted molar refractivity (Wildman–Crippen MR) is 103 cm³/mol. The molecule has 1 saturated heterocycles. The van der Waals surface area contributed by atoms with E-state index in [0.717, 1.165) is 17.2 Å². The summed E-state index contributed by atoms with van der Waals surface area (Å²) in [6, 6.07) is 26.4. The Balaban J connectivity index is 1.31. The second-order valence-electron chi connectivity index (χ2n) is 6.15. The van der Waals surface area contributed by atoms with Gasteiger partial charge in [0.15, 0.2) is 6.10 Å². The van der Waals surface area contributed by atoms with Crippen LogP contribution in [0.4, 0.5) is 10.5 Å². The highest BCUT2D eigenvalue weighted by Gasteiger charge is 2.32. The Morgan fingerprint density at radius 1 is 0.815 bits per heavy atom. The van der Waals surface area contributed by atoms with E-state index in [1.54, 1.807) is 4.90 Å². The van der Waals surface area contributed by atoms with Crippen LogP contribution in [-0.2, 0) is 4.74 Å². The third-order valence-corrected chi connectivity index (χ3v) is 4.18. The van der Waals surface area contributed by atoms with Crippen molar-refractivity contribution in [3.8, 4) is 17.2 Å². The molecule has 0 saturated carbocycles. The number of amides is 1. The van der Waals surface area contributed by atoms with Crippen molar-refractivity contribution in [1.82, 2.24) is 0 Å². The van der Waals surface area contributed by atoms with Crippen molar-refractivity contribution in [2.24, 2.45) is 0 Å². The van der Waals surface area contributed by atoms with E-state index in [-0.39, 0.29) is 12.2 Å². The Labute approximate surface area is 157 Å². The van der Waals surface area contributed by atoms with Crippen LogP contribution >= 0.6 is 0 Å². The van der Waals surface area contributed by atoms with E-state index in [0.29, 0.717) is 18.9 Å². The van der Waals surface area contributed by atoms with Crippen LogP contribution in [0.3, 0.4) is 0 Å². The van der Waals surface area contributed by atoms with Gasteiger partial charge in [0.25, 0.3) is 0 Å². The number of para-hydroxylation sites is 2. The Morgan fingerprint density at radius 3 is 2.11 bits per heavy atom. The van der Waals surface area contributed by atoms with Crippen molar-refractivity contribution >= 4 is 11.8 Å². The first-order valence-electron chi connectivity index (χ1n) is 8.77. The molecule has 3 aromatic rings. The van der Waals surface area contributed by atoms with Gasteiger partial charge >= 0.3 is 6.09 Å². The summed E-state index contributed by atoms with van der Waals surface area (Å²) >= 11 is 0. The van der Waals surface area contributed by atoms with Crippen LogP contribution in [0.5, 0.6) is 17.2 Å². The normalized spacial score (nSPS) is 16.1. The largest absolute Gasteiger partial charge is 0.490 e. The molecule has 1 aliphatic heterocycles. The highest BCUT2D eigenvalue weighted by molar-refractivity contribution is 5.89. The van der Waals surface area contributed by atoms with Crippen LogP contribution in [-0.4, -0.2) is 25.3 Å². The number of benzene rings is 3. The second-order valence-corrected chi connectivity index (χ2v) is 6.15. The maximum absolute atomic E-state index is 12.0. The zero-order valence-electron chi connectivity index (χ0n) is 14.7. The summed E-state index contributed by atoms with van der Waals surface area (Å²) in [5.41, 5.74) is 0.826. The highest BCUT2D eigenvalue weighted by Crippen LogP contribution is 2.25. The van der Waals surface area contributed by atoms with Gasteiger partial charge in [0.2, 0.25) is 0 Å². The molecule has 4 rings (SSSR count). The van der Waals surface area contributed by atoms with Crippen LogP contribution < -0.4 is 14.4 Å². The van der Waals surface area contributed by atoms with Crippen molar-refractivity contribution in [2.75, 3.05) is 18.1 Å². The fraction of sp³-hybridized carbons (Fsp3) is 0.136. The number of carbonyl (C=O) groups excluding carboxylic acids is 1. The predicted octanol–water partition coefficient (Wildman–Crippen LogP) is 4.88. The molecule has 1 aliphatic rings. The van der Waals surface area contributed by atoms with Gasteiger partial charge in [-0.15, -0.1) is 0 Å². The molecule has 0 N–H and O–H groups in total. The molecule has 3 aromatic carbocycles. The molecule has 0 aliphatic carbocycles. The summed E-state index contributed by atoms with van der Waals surface area (Å²) in [6.07, 6.45) is -0.653. The Morgan fingerprint density at radius 2 is 1.41 bits per heavy atom. The van der Waals surface area contributed by atoms with Crippen molar-refractivity contribution in [3.05, 3.63) is 84.9 Å². The molecular weight excluding hydrogens is 342 g/mol. The summed E-state index contributed by atoms with van der Waals surface area (Å²) in [4.78, 5) is 13.7.